The highest BCUT2D eigenvalue weighted by molar-refractivity contribution is 6.13. The van der Waals surface area contributed by atoms with Crippen molar-refractivity contribution in [1.29, 1.82) is 0 Å². The number of aryl methyl sites for hydroxylation is 1. The second-order valence-corrected chi connectivity index (χ2v) is 6.47. The number of nitrogen functional groups attached to an aromatic ring is 1. The highest BCUT2D eigenvalue weighted by Gasteiger charge is 2.29. The molecule has 0 saturated heterocycles. The third-order valence-electron chi connectivity index (χ3n) is 4.47. The van der Waals surface area contributed by atoms with E-state index < -0.39 is 0 Å². The number of carbonyl (C=O) groups is 1. The van der Waals surface area contributed by atoms with E-state index in [1.165, 1.54) is 0 Å². The van der Waals surface area contributed by atoms with E-state index in [9.17, 15) is 4.79 Å². The van der Waals surface area contributed by atoms with Gasteiger partial charge in [-0.1, -0.05) is 30.6 Å². The number of benzene rings is 1. The monoisotopic (exact) mass is 372 g/mol. The van der Waals surface area contributed by atoms with Gasteiger partial charge in [0.05, 0.1) is 28.0 Å². The lowest BCUT2D eigenvalue weighted by atomic mass is 10.0. The Morgan fingerprint density at radius 2 is 2.12 bits per heavy atom. The summed E-state index contributed by atoms with van der Waals surface area (Å²) in [5, 5.41) is 7.74. The van der Waals surface area contributed by atoms with Crippen LogP contribution in [0.1, 0.15) is 53.8 Å². The molecule has 0 spiro atoms. The van der Waals surface area contributed by atoms with Crippen LogP contribution in [0.25, 0.3) is 11.1 Å². The Labute approximate surface area is 157 Å². The van der Waals surface area contributed by atoms with Crippen molar-refractivity contribution >= 4 is 40.8 Å². The standard InChI is InChI=1S/C19H20N4O2.ClH/c1-2-5-15-17-12(18(24)21-14-7-4-3-6-13(14)20)10-16(11-8-9-11)22-19(17)25-23-15;/h3-4,6-7,10-11H,2,5,8-9,20H2,1H3,(H,21,24);1H. The van der Waals surface area contributed by atoms with Gasteiger partial charge in [-0.2, -0.15) is 0 Å². The molecule has 0 aliphatic heterocycles. The third-order valence-corrected chi connectivity index (χ3v) is 4.47. The van der Waals surface area contributed by atoms with Crippen LogP contribution in [0.2, 0.25) is 0 Å². The molecule has 1 amide bonds. The van der Waals surface area contributed by atoms with Crippen molar-refractivity contribution in [2.24, 2.45) is 0 Å². The number of nitrogens with two attached hydrogens (primary N) is 1. The molecule has 3 N–H and O–H groups in total. The lowest BCUT2D eigenvalue weighted by molar-refractivity contribution is 0.102. The Kier molecular flexibility index (Phi) is 5.13. The number of halogens is 1. The predicted octanol–water partition coefficient (Wildman–Crippen LogP) is 4.31. The van der Waals surface area contributed by atoms with Crippen LogP contribution >= 0.6 is 12.4 Å². The van der Waals surface area contributed by atoms with Gasteiger partial charge >= 0.3 is 0 Å². The van der Waals surface area contributed by atoms with Crippen LogP contribution in [0, 0.1) is 0 Å². The quantitative estimate of drug-likeness (QED) is 0.651. The van der Waals surface area contributed by atoms with Gasteiger partial charge < -0.3 is 15.6 Å². The number of nitrogens with zero attached hydrogens (tertiary/aromatic N) is 2. The fourth-order valence-corrected chi connectivity index (χ4v) is 3.00. The first-order chi connectivity index (χ1) is 12.2. The topological polar surface area (TPSA) is 94.0 Å². The largest absolute Gasteiger partial charge is 0.397 e. The van der Waals surface area contributed by atoms with Crippen molar-refractivity contribution in [2.45, 2.75) is 38.5 Å². The summed E-state index contributed by atoms with van der Waals surface area (Å²) in [6.07, 6.45) is 3.85. The average molecular weight is 373 g/mol. The lowest BCUT2D eigenvalue weighted by Crippen LogP contribution is -2.14. The second kappa shape index (κ2) is 7.33. The summed E-state index contributed by atoms with van der Waals surface area (Å²) in [4.78, 5) is 17.5. The maximum Gasteiger partial charge on any atom is 0.259 e. The van der Waals surface area contributed by atoms with E-state index in [0.29, 0.717) is 34.0 Å². The minimum atomic E-state index is -0.215. The number of aromatic nitrogens is 2. The molecule has 0 unspecified atom stereocenters. The van der Waals surface area contributed by atoms with Gasteiger partial charge in [0, 0.05) is 11.6 Å². The van der Waals surface area contributed by atoms with Crippen molar-refractivity contribution in [3.05, 3.63) is 47.3 Å². The van der Waals surface area contributed by atoms with Crippen molar-refractivity contribution < 1.29 is 9.32 Å². The van der Waals surface area contributed by atoms with Gasteiger partial charge in [0.25, 0.3) is 11.6 Å². The molecule has 1 aliphatic carbocycles. The molecule has 1 saturated carbocycles. The highest BCUT2D eigenvalue weighted by atomic mass is 35.5. The number of anilines is 2. The number of hydrogen-bond donors (Lipinski definition) is 2. The number of amides is 1. The molecule has 6 nitrogen and oxygen atoms in total. The first-order valence-corrected chi connectivity index (χ1v) is 8.62. The minimum absolute atomic E-state index is 0. The summed E-state index contributed by atoms with van der Waals surface area (Å²) in [6, 6.07) is 9.10. The molecule has 0 radical (unpaired) electrons. The second-order valence-electron chi connectivity index (χ2n) is 6.47. The molecule has 7 heteroatoms. The van der Waals surface area contributed by atoms with Crippen LogP contribution in [0.5, 0.6) is 0 Å². The zero-order valence-electron chi connectivity index (χ0n) is 14.5. The van der Waals surface area contributed by atoms with E-state index in [1.807, 2.05) is 18.2 Å². The number of fused-ring (bicyclic) bond motifs is 1. The maximum atomic E-state index is 13.0. The Bertz CT molecular complexity index is 950. The van der Waals surface area contributed by atoms with Crippen molar-refractivity contribution in [3.8, 4) is 0 Å². The molecule has 4 rings (SSSR count). The molecule has 1 fully saturated rings. The van der Waals surface area contributed by atoms with E-state index in [1.54, 1.807) is 12.1 Å². The summed E-state index contributed by atoms with van der Waals surface area (Å²) in [7, 11) is 0. The van der Waals surface area contributed by atoms with Crippen LogP contribution in [-0.4, -0.2) is 16.0 Å². The zero-order valence-corrected chi connectivity index (χ0v) is 15.3. The highest BCUT2D eigenvalue weighted by Crippen LogP contribution is 2.40. The van der Waals surface area contributed by atoms with Crippen LogP contribution in [0.3, 0.4) is 0 Å². The zero-order chi connectivity index (χ0) is 17.4. The SMILES string of the molecule is CCCc1noc2nc(C3CC3)cc(C(=O)Nc3ccccc3N)c12.Cl. The average Bonchev–Trinajstić information content (AvgIpc) is 3.39. The first-order valence-electron chi connectivity index (χ1n) is 8.62. The van der Waals surface area contributed by atoms with Gasteiger partial charge in [0.1, 0.15) is 0 Å². The summed E-state index contributed by atoms with van der Waals surface area (Å²) >= 11 is 0. The summed E-state index contributed by atoms with van der Waals surface area (Å²) < 4.78 is 5.42. The van der Waals surface area contributed by atoms with Gasteiger partial charge in [-0.05, 0) is 37.5 Å². The molecule has 3 aromatic rings. The van der Waals surface area contributed by atoms with E-state index >= 15 is 0 Å². The Morgan fingerprint density at radius 3 is 2.81 bits per heavy atom. The Morgan fingerprint density at radius 1 is 1.35 bits per heavy atom. The van der Waals surface area contributed by atoms with Gasteiger partial charge in [-0.15, -0.1) is 12.4 Å². The minimum Gasteiger partial charge on any atom is -0.397 e. The van der Waals surface area contributed by atoms with Crippen LogP contribution in [0.15, 0.2) is 34.9 Å². The number of pyridine rings is 1. The van der Waals surface area contributed by atoms with E-state index in [-0.39, 0.29) is 18.3 Å². The smallest absolute Gasteiger partial charge is 0.259 e. The molecule has 0 bridgehead atoms. The fraction of sp³-hybridized carbons (Fsp3) is 0.316. The lowest BCUT2D eigenvalue weighted by Gasteiger charge is -2.10. The molecular formula is C19H21ClN4O2. The van der Waals surface area contributed by atoms with Crippen LogP contribution in [0.4, 0.5) is 11.4 Å². The summed E-state index contributed by atoms with van der Waals surface area (Å²) in [5.74, 6) is 0.199. The molecule has 136 valence electrons. The van der Waals surface area contributed by atoms with Crippen molar-refractivity contribution in [2.75, 3.05) is 11.1 Å². The first kappa shape index (κ1) is 18.2. The van der Waals surface area contributed by atoms with Crippen LogP contribution in [-0.2, 0) is 6.42 Å². The molecule has 26 heavy (non-hydrogen) atoms. The maximum absolute atomic E-state index is 13.0. The van der Waals surface area contributed by atoms with Crippen LogP contribution < -0.4 is 11.1 Å². The van der Waals surface area contributed by atoms with E-state index in [4.69, 9.17) is 10.3 Å². The van der Waals surface area contributed by atoms with Gasteiger partial charge in [-0.3, -0.25) is 4.79 Å². The molecule has 2 aromatic heterocycles. The van der Waals surface area contributed by atoms with E-state index in [0.717, 1.165) is 37.1 Å². The number of hydrogen-bond acceptors (Lipinski definition) is 5. The van der Waals surface area contributed by atoms with Gasteiger partial charge in [0.2, 0.25) is 0 Å². The molecular weight excluding hydrogens is 352 g/mol. The normalized spacial score (nSPS) is 13.4. The number of nitrogens with one attached hydrogen (secondary N) is 1. The summed E-state index contributed by atoms with van der Waals surface area (Å²) in [6.45, 7) is 2.07. The molecule has 1 aromatic carbocycles. The Hall–Kier alpha value is -2.60. The van der Waals surface area contributed by atoms with Crippen molar-refractivity contribution in [3.63, 3.8) is 0 Å². The predicted molar refractivity (Wildman–Crippen MR) is 104 cm³/mol. The third kappa shape index (κ3) is 3.37. The van der Waals surface area contributed by atoms with E-state index in [2.05, 4.69) is 22.4 Å². The number of para-hydroxylation sites is 2. The van der Waals surface area contributed by atoms with Crippen molar-refractivity contribution in [1.82, 2.24) is 10.1 Å². The number of carbonyl (C=O) groups excluding carboxylic acids is 1. The Balaban J connectivity index is 0.00000196. The summed E-state index contributed by atoms with van der Waals surface area (Å²) in [5.41, 5.74) is 9.75. The molecule has 1 aliphatic rings. The van der Waals surface area contributed by atoms with Gasteiger partial charge in [0.15, 0.2) is 0 Å². The number of rotatable bonds is 5. The molecule has 2 heterocycles. The molecule has 0 atom stereocenters. The fourth-order valence-electron chi connectivity index (χ4n) is 3.00. The van der Waals surface area contributed by atoms with Gasteiger partial charge in [-0.25, -0.2) is 4.98 Å².